The van der Waals surface area contributed by atoms with Gasteiger partial charge in [0.05, 0.1) is 0 Å². The van der Waals surface area contributed by atoms with Crippen LogP contribution in [-0.4, -0.2) is 24.1 Å². The Morgan fingerprint density at radius 2 is 1.72 bits per heavy atom. The van der Waals surface area contributed by atoms with Crippen LogP contribution in [0.4, 0.5) is 0 Å². The van der Waals surface area contributed by atoms with E-state index < -0.39 is 0 Å². The van der Waals surface area contributed by atoms with Gasteiger partial charge < -0.3 is 5.32 Å². The molecule has 0 aromatic heterocycles. The van der Waals surface area contributed by atoms with Gasteiger partial charge in [-0.1, -0.05) is 53.9 Å². The molecule has 0 saturated heterocycles. The molecule has 2 rings (SSSR count). The van der Waals surface area contributed by atoms with Crippen molar-refractivity contribution in [2.75, 3.05) is 18.8 Å². The predicted molar refractivity (Wildman–Crippen MR) is 115 cm³/mol. The molecular formula is C23H45NS. The molecule has 1 N–H and O–H groups in total. The van der Waals surface area contributed by atoms with Crippen LogP contribution in [0.25, 0.3) is 0 Å². The summed E-state index contributed by atoms with van der Waals surface area (Å²) in [6.07, 6.45) is 11.6. The Hall–Kier alpha value is 0.310. The first-order valence-electron chi connectivity index (χ1n) is 11.3. The van der Waals surface area contributed by atoms with Crippen LogP contribution in [0.1, 0.15) is 86.0 Å². The molecule has 25 heavy (non-hydrogen) atoms. The summed E-state index contributed by atoms with van der Waals surface area (Å²) < 4.78 is 0. The fourth-order valence-electron chi connectivity index (χ4n) is 5.45. The molecule has 2 heteroatoms. The van der Waals surface area contributed by atoms with E-state index in [0.717, 1.165) is 40.8 Å². The number of thioether (sulfide) groups is 1. The van der Waals surface area contributed by atoms with E-state index >= 15 is 0 Å². The Morgan fingerprint density at radius 3 is 2.48 bits per heavy atom. The summed E-state index contributed by atoms with van der Waals surface area (Å²) >= 11 is 2.29. The lowest BCUT2D eigenvalue weighted by Gasteiger charge is -2.46. The minimum atomic E-state index is 0.868. The van der Waals surface area contributed by atoms with Gasteiger partial charge in [0.25, 0.3) is 0 Å². The molecule has 0 radical (unpaired) electrons. The fourth-order valence-corrected chi connectivity index (χ4v) is 6.92. The van der Waals surface area contributed by atoms with E-state index in [1.54, 1.807) is 0 Å². The zero-order valence-corrected chi connectivity index (χ0v) is 18.5. The van der Waals surface area contributed by atoms with E-state index in [1.807, 2.05) is 0 Å². The first kappa shape index (κ1) is 21.6. The summed E-state index contributed by atoms with van der Waals surface area (Å²) in [5.74, 6) is 7.06. The Labute approximate surface area is 162 Å². The molecule has 2 aliphatic rings. The van der Waals surface area contributed by atoms with Crippen LogP contribution in [0.5, 0.6) is 0 Å². The maximum atomic E-state index is 3.71. The van der Waals surface area contributed by atoms with Gasteiger partial charge in [-0.05, 0) is 74.2 Å². The highest BCUT2D eigenvalue weighted by Gasteiger charge is 2.39. The van der Waals surface area contributed by atoms with Gasteiger partial charge in [-0.25, -0.2) is 0 Å². The average molecular weight is 368 g/mol. The first-order chi connectivity index (χ1) is 12.0. The Bertz CT molecular complexity index is 352. The molecule has 6 unspecified atom stereocenters. The number of fused-ring (bicyclic) bond motifs is 2. The lowest BCUT2D eigenvalue weighted by molar-refractivity contribution is 0.118. The van der Waals surface area contributed by atoms with Gasteiger partial charge in [0.15, 0.2) is 0 Å². The zero-order chi connectivity index (χ0) is 18.2. The van der Waals surface area contributed by atoms with E-state index in [0.29, 0.717) is 0 Å². The summed E-state index contributed by atoms with van der Waals surface area (Å²) in [4.78, 5) is 0. The summed E-state index contributed by atoms with van der Waals surface area (Å²) in [5, 5.41) is 4.65. The Kier molecular flexibility index (Phi) is 9.70. The third kappa shape index (κ3) is 7.83. The highest BCUT2D eigenvalue weighted by molar-refractivity contribution is 7.99. The highest BCUT2D eigenvalue weighted by atomic mass is 32.2. The second-order valence-electron chi connectivity index (χ2n) is 9.96. The average Bonchev–Trinajstić information content (AvgIpc) is 2.52. The van der Waals surface area contributed by atoms with Crippen LogP contribution >= 0.6 is 11.8 Å². The molecule has 0 heterocycles. The smallest absolute Gasteiger partial charge is 0.0102 e. The van der Waals surface area contributed by atoms with Gasteiger partial charge in [-0.2, -0.15) is 11.8 Å². The molecule has 2 aliphatic carbocycles. The monoisotopic (exact) mass is 367 g/mol. The minimum Gasteiger partial charge on any atom is -0.316 e. The second kappa shape index (κ2) is 11.2. The lowest BCUT2D eigenvalue weighted by atomic mass is 9.65. The van der Waals surface area contributed by atoms with Crippen molar-refractivity contribution in [1.29, 1.82) is 0 Å². The molecule has 2 bridgehead atoms. The summed E-state index contributed by atoms with van der Waals surface area (Å²) in [6.45, 7) is 14.5. The van der Waals surface area contributed by atoms with Gasteiger partial charge in [-0.3, -0.25) is 0 Å². The normalized spacial score (nSPS) is 33.6. The second-order valence-corrected chi connectivity index (χ2v) is 11.2. The molecule has 0 spiro atoms. The van der Waals surface area contributed by atoms with Crippen molar-refractivity contribution in [2.24, 2.45) is 35.5 Å². The van der Waals surface area contributed by atoms with Gasteiger partial charge in [0.2, 0.25) is 0 Å². The van der Waals surface area contributed by atoms with Crippen molar-refractivity contribution in [3.8, 4) is 0 Å². The zero-order valence-electron chi connectivity index (χ0n) is 17.7. The first-order valence-corrected chi connectivity index (χ1v) is 12.3. The third-order valence-corrected chi connectivity index (χ3v) is 8.36. The van der Waals surface area contributed by atoms with E-state index in [2.05, 4.69) is 51.7 Å². The van der Waals surface area contributed by atoms with Gasteiger partial charge in [-0.15, -0.1) is 0 Å². The van der Waals surface area contributed by atoms with Crippen LogP contribution in [0, 0.1) is 35.5 Å². The standard InChI is InChI=1S/C23H45NS/c1-17(2)7-6-8-18(3)9-10-24-11-12-25-23-20(5)15-21-13-19(4)14-22(23)16-21/h17-24H,6-16H2,1-5H3. The predicted octanol–water partition coefficient (Wildman–Crippen LogP) is 6.62. The molecular weight excluding hydrogens is 322 g/mol. The van der Waals surface area contributed by atoms with Crippen LogP contribution < -0.4 is 5.32 Å². The molecule has 148 valence electrons. The summed E-state index contributed by atoms with van der Waals surface area (Å²) in [5.41, 5.74) is 0. The van der Waals surface area contributed by atoms with E-state index in [1.165, 1.54) is 70.2 Å². The van der Waals surface area contributed by atoms with Gasteiger partial charge in [0, 0.05) is 17.5 Å². The van der Waals surface area contributed by atoms with Crippen LogP contribution in [-0.2, 0) is 0 Å². The van der Waals surface area contributed by atoms with Crippen molar-refractivity contribution in [2.45, 2.75) is 91.2 Å². The molecule has 0 amide bonds. The lowest BCUT2D eigenvalue weighted by Crippen LogP contribution is -2.39. The largest absolute Gasteiger partial charge is 0.316 e. The van der Waals surface area contributed by atoms with Crippen molar-refractivity contribution >= 4 is 11.8 Å². The van der Waals surface area contributed by atoms with E-state index in [9.17, 15) is 0 Å². The quantitative estimate of drug-likeness (QED) is 0.412. The Balaban J connectivity index is 1.52. The van der Waals surface area contributed by atoms with Crippen LogP contribution in [0.15, 0.2) is 0 Å². The Morgan fingerprint density at radius 1 is 0.920 bits per heavy atom. The third-order valence-electron chi connectivity index (χ3n) is 6.69. The van der Waals surface area contributed by atoms with Crippen molar-refractivity contribution in [1.82, 2.24) is 5.32 Å². The molecule has 2 fully saturated rings. The molecule has 0 aromatic carbocycles. The number of hydrogen-bond donors (Lipinski definition) is 1. The number of hydrogen-bond acceptors (Lipinski definition) is 2. The summed E-state index contributed by atoms with van der Waals surface area (Å²) in [6, 6.07) is 0. The van der Waals surface area contributed by atoms with Crippen LogP contribution in [0.3, 0.4) is 0 Å². The summed E-state index contributed by atoms with van der Waals surface area (Å²) in [7, 11) is 0. The van der Waals surface area contributed by atoms with E-state index in [4.69, 9.17) is 0 Å². The van der Waals surface area contributed by atoms with Gasteiger partial charge >= 0.3 is 0 Å². The fraction of sp³-hybridized carbons (Fsp3) is 1.00. The van der Waals surface area contributed by atoms with E-state index in [-0.39, 0.29) is 0 Å². The topological polar surface area (TPSA) is 12.0 Å². The number of nitrogens with one attached hydrogen (secondary N) is 1. The van der Waals surface area contributed by atoms with Crippen molar-refractivity contribution < 1.29 is 0 Å². The van der Waals surface area contributed by atoms with Crippen molar-refractivity contribution in [3.63, 3.8) is 0 Å². The molecule has 1 nitrogen and oxygen atoms in total. The van der Waals surface area contributed by atoms with Crippen LogP contribution in [0.2, 0.25) is 0 Å². The maximum Gasteiger partial charge on any atom is 0.0102 e. The molecule has 2 saturated carbocycles. The highest BCUT2D eigenvalue weighted by Crippen LogP contribution is 2.48. The van der Waals surface area contributed by atoms with Gasteiger partial charge in [0.1, 0.15) is 0 Å². The molecule has 0 aliphatic heterocycles. The van der Waals surface area contributed by atoms with Crippen molar-refractivity contribution in [3.05, 3.63) is 0 Å². The molecule has 6 atom stereocenters. The molecule has 0 aromatic rings. The SMILES string of the molecule is CC(C)CCCC(C)CCNCCSC1C(C)CC2CC(C)CC1C2. The minimum absolute atomic E-state index is 0.868. The number of rotatable bonds is 11. The maximum absolute atomic E-state index is 3.71.